The van der Waals surface area contributed by atoms with E-state index in [2.05, 4.69) is 5.32 Å². The number of nitrogens with one attached hydrogen (secondary N) is 1. The number of rotatable bonds is 4. The molecule has 26 heavy (non-hydrogen) atoms. The largest absolute Gasteiger partial charge is 0.454 e. The first kappa shape index (κ1) is 17.9. The molecule has 2 aromatic rings. The maximum absolute atomic E-state index is 13.6. The summed E-state index contributed by atoms with van der Waals surface area (Å²) in [5, 5.41) is 2.38. The smallest absolute Gasteiger partial charge is 0.339 e. The molecule has 2 aromatic carbocycles. The van der Waals surface area contributed by atoms with Crippen molar-refractivity contribution in [2.75, 3.05) is 12.1 Å². The van der Waals surface area contributed by atoms with Crippen molar-refractivity contribution in [3.63, 3.8) is 0 Å². The monoisotopic (exact) mass is 383 g/mol. The van der Waals surface area contributed by atoms with Crippen LogP contribution in [0.15, 0.2) is 30.3 Å². The van der Waals surface area contributed by atoms with Gasteiger partial charge < -0.3 is 19.5 Å². The zero-order valence-corrected chi connectivity index (χ0v) is 14.1. The number of benzene rings is 2. The Balaban J connectivity index is 1.67. The molecule has 3 rings (SSSR count). The summed E-state index contributed by atoms with van der Waals surface area (Å²) in [6.07, 6.45) is -1.24. The SMILES string of the molecule is C[C@@H](OC(=O)c1cc(Cl)c2c(c1)OCO2)C(=O)Nc1ccc(F)cc1F. The van der Waals surface area contributed by atoms with Crippen molar-refractivity contribution in [2.45, 2.75) is 13.0 Å². The molecule has 1 heterocycles. The third-order valence-corrected chi connectivity index (χ3v) is 3.79. The molecule has 0 saturated heterocycles. The van der Waals surface area contributed by atoms with Gasteiger partial charge >= 0.3 is 5.97 Å². The van der Waals surface area contributed by atoms with Gasteiger partial charge in [-0.15, -0.1) is 0 Å². The van der Waals surface area contributed by atoms with E-state index in [0.29, 0.717) is 11.8 Å². The third kappa shape index (κ3) is 3.70. The average molecular weight is 384 g/mol. The molecule has 0 saturated carbocycles. The predicted octanol–water partition coefficient (Wildman–Crippen LogP) is 3.53. The van der Waals surface area contributed by atoms with Crippen molar-refractivity contribution < 1.29 is 32.6 Å². The molecule has 1 aliphatic heterocycles. The highest BCUT2D eigenvalue weighted by molar-refractivity contribution is 6.32. The summed E-state index contributed by atoms with van der Waals surface area (Å²) in [7, 11) is 0. The van der Waals surface area contributed by atoms with Crippen molar-refractivity contribution >= 4 is 29.2 Å². The van der Waals surface area contributed by atoms with Gasteiger partial charge in [0.15, 0.2) is 17.6 Å². The molecule has 0 aromatic heterocycles. The first-order chi connectivity index (χ1) is 12.3. The van der Waals surface area contributed by atoms with Gasteiger partial charge in [0.25, 0.3) is 5.91 Å². The van der Waals surface area contributed by atoms with Crippen LogP contribution < -0.4 is 14.8 Å². The molecule has 1 atom stereocenters. The number of anilines is 1. The Labute approximate surface area is 151 Å². The fourth-order valence-electron chi connectivity index (χ4n) is 2.19. The number of carbonyl (C=O) groups excluding carboxylic acids is 2. The van der Waals surface area contributed by atoms with Crippen LogP contribution in [0.25, 0.3) is 0 Å². The zero-order chi connectivity index (χ0) is 18.8. The highest BCUT2D eigenvalue weighted by atomic mass is 35.5. The molecule has 9 heteroatoms. The summed E-state index contributed by atoms with van der Waals surface area (Å²) in [6, 6.07) is 5.38. The Morgan fingerprint density at radius 3 is 2.73 bits per heavy atom. The number of fused-ring (bicyclic) bond motifs is 1. The summed E-state index contributed by atoms with van der Waals surface area (Å²) in [4.78, 5) is 24.2. The van der Waals surface area contributed by atoms with Gasteiger partial charge in [-0.3, -0.25) is 4.79 Å². The summed E-state index contributed by atoms with van der Waals surface area (Å²) >= 11 is 5.99. The van der Waals surface area contributed by atoms with E-state index >= 15 is 0 Å². The number of hydrogen-bond donors (Lipinski definition) is 1. The van der Waals surface area contributed by atoms with E-state index in [4.69, 9.17) is 25.8 Å². The standard InChI is InChI=1S/C17H12ClF2NO5/c1-8(16(22)21-13-3-2-10(19)6-12(13)20)26-17(23)9-4-11(18)15-14(5-9)24-7-25-15/h2-6,8H,7H2,1H3,(H,21,22)/t8-/m1/s1. The molecule has 0 unspecified atom stereocenters. The maximum atomic E-state index is 13.6. The molecule has 1 amide bonds. The van der Waals surface area contributed by atoms with Gasteiger partial charge in [0, 0.05) is 6.07 Å². The van der Waals surface area contributed by atoms with Gasteiger partial charge in [-0.25, -0.2) is 13.6 Å². The molecule has 136 valence electrons. The normalized spacial score (nSPS) is 13.2. The van der Waals surface area contributed by atoms with Crippen molar-refractivity contribution in [3.05, 3.63) is 52.6 Å². The second-order valence-electron chi connectivity index (χ2n) is 5.35. The fourth-order valence-corrected chi connectivity index (χ4v) is 2.46. The van der Waals surface area contributed by atoms with E-state index < -0.39 is 29.6 Å². The lowest BCUT2D eigenvalue weighted by atomic mass is 10.2. The van der Waals surface area contributed by atoms with Gasteiger partial charge in [-0.05, 0) is 31.2 Å². The van der Waals surface area contributed by atoms with Crippen LogP contribution in [0.4, 0.5) is 14.5 Å². The van der Waals surface area contributed by atoms with E-state index in [1.807, 2.05) is 0 Å². The lowest BCUT2D eigenvalue weighted by Crippen LogP contribution is -2.30. The minimum absolute atomic E-state index is 0.0183. The van der Waals surface area contributed by atoms with E-state index in [1.165, 1.54) is 19.1 Å². The van der Waals surface area contributed by atoms with Gasteiger partial charge in [0.1, 0.15) is 11.6 Å². The van der Waals surface area contributed by atoms with Crippen LogP contribution >= 0.6 is 11.6 Å². The maximum Gasteiger partial charge on any atom is 0.339 e. The highest BCUT2D eigenvalue weighted by Gasteiger charge is 2.24. The van der Waals surface area contributed by atoms with Crippen LogP contribution in [-0.4, -0.2) is 24.8 Å². The fraction of sp³-hybridized carbons (Fsp3) is 0.176. The zero-order valence-electron chi connectivity index (χ0n) is 13.3. The Morgan fingerprint density at radius 1 is 1.23 bits per heavy atom. The Kier molecular flexibility index (Phi) is 4.94. The van der Waals surface area contributed by atoms with E-state index in [1.54, 1.807) is 0 Å². The number of halogens is 3. The first-order valence-corrected chi connectivity index (χ1v) is 7.79. The quantitative estimate of drug-likeness (QED) is 0.818. The van der Waals surface area contributed by atoms with Gasteiger partial charge in [-0.2, -0.15) is 0 Å². The molecule has 1 aliphatic rings. The average Bonchev–Trinajstić information content (AvgIpc) is 3.06. The number of hydrogen-bond acceptors (Lipinski definition) is 5. The Hall–Kier alpha value is -2.87. The number of ether oxygens (including phenoxy) is 3. The molecule has 0 bridgehead atoms. The lowest BCUT2D eigenvalue weighted by Gasteiger charge is -2.14. The van der Waals surface area contributed by atoms with E-state index in [9.17, 15) is 18.4 Å². The summed E-state index contributed by atoms with van der Waals surface area (Å²) < 4.78 is 41.8. The molecule has 0 aliphatic carbocycles. The number of esters is 1. The molecule has 0 spiro atoms. The Morgan fingerprint density at radius 2 is 2.00 bits per heavy atom. The summed E-state index contributed by atoms with van der Waals surface area (Å²) in [6.45, 7) is 1.29. The van der Waals surface area contributed by atoms with Crippen molar-refractivity contribution in [1.82, 2.24) is 0 Å². The van der Waals surface area contributed by atoms with Crippen molar-refractivity contribution in [2.24, 2.45) is 0 Å². The van der Waals surface area contributed by atoms with Crippen LogP contribution in [0, 0.1) is 11.6 Å². The molecular weight excluding hydrogens is 372 g/mol. The second-order valence-corrected chi connectivity index (χ2v) is 5.76. The van der Waals surface area contributed by atoms with Crippen LogP contribution in [0.3, 0.4) is 0 Å². The molecular formula is C17H12ClF2NO5. The van der Waals surface area contributed by atoms with Gasteiger partial charge in [0.2, 0.25) is 6.79 Å². The molecule has 6 nitrogen and oxygen atoms in total. The highest BCUT2D eigenvalue weighted by Crippen LogP contribution is 2.39. The Bertz CT molecular complexity index is 890. The van der Waals surface area contributed by atoms with Gasteiger partial charge in [-0.1, -0.05) is 11.6 Å². The summed E-state index contributed by atoms with van der Waals surface area (Å²) in [5.74, 6) is -2.72. The third-order valence-electron chi connectivity index (χ3n) is 3.50. The number of carbonyl (C=O) groups is 2. The minimum Gasteiger partial charge on any atom is -0.454 e. The predicted molar refractivity (Wildman–Crippen MR) is 87.4 cm³/mol. The van der Waals surface area contributed by atoms with Crippen LogP contribution in [-0.2, 0) is 9.53 Å². The van der Waals surface area contributed by atoms with E-state index in [0.717, 1.165) is 12.1 Å². The summed E-state index contributed by atoms with van der Waals surface area (Å²) in [5.41, 5.74) is -0.169. The van der Waals surface area contributed by atoms with Crippen LogP contribution in [0.1, 0.15) is 17.3 Å². The second kappa shape index (κ2) is 7.17. The van der Waals surface area contributed by atoms with Crippen molar-refractivity contribution in [3.8, 4) is 11.5 Å². The number of amides is 1. The van der Waals surface area contributed by atoms with Crippen LogP contribution in [0.5, 0.6) is 11.5 Å². The topological polar surface area (TPSA) is 73.9 Å². The van der Waals surface area contributed by atoms with Crippen molar-refractivity contribution in [1.29, 1.82) is 0 Å². The van der Waals surface area contributed by atoms with Gasteiger partial charge in [0.05, 0.1) is 16.3 Å². The van der Waals surface area contributed by atoms with E-state index in [-0.39, 0.29) is 28.8 Å². The minimum atomic E-state index is -1.24. The first-order valence-electron chi connectivity index (χ1n) is 7.41. The molecule has 0 radical (unpaired) electrons. The molecule has 0 fully saturated rings. The van der Waals surface area contributed by atoms with Crippen LogP contribution in [0.2, 0.25) is 5.02 Å². The molecule has 1 N–H and O–H groups in total. The lowest BCUT2D eigenvalue weighted by molar-refractivity contribution is -0.123.